The Balaban J connectivity index is 1.43. The van der Waals surface area contributed by atoms with Crippen molar-refractivity contribution in [2.45, 2.75) is 13.0 Å². The van der Waals surface area contributed by atoms with Gasteiger partial charge < -0.3 is 15.0 Å². The molecule has 0 atom stereocenters. The van der Waals surface area contributed by atoms with Crippen LogP contribution in [0.15, 0.2) is 49.3 Å². The predicted molar refractivity (Wildman–Crippen MR) is 99.0 cm³/mol. The highest BCUT2D eigenvalue weighted by Crippen LogP contribution is 2.19. The zero-order chi connectivity index (χ0) is 18.6. The molecule has 4 heterocycles. The lowest BCUT2D eigenvalue weighted by molar-refractivity contribution is 0.395. The molecule has 0 fully saturated rings. The molecule has 0 aliphatic carbocycles. The molecule has 136 valence electrons. The summed E-state index contributed by atoms with van der Waals surface area (Å²) in [5.74, 6) is 0.650. The van der Waals surface area contributed by atoms with Gasteiger partial charge in [-0.05, 0) is 17.2 Å². The van der Waals surface area contributed by atoms with Gasteiger partial charge in [0.05, 0.1) is 13.3 Å². The Morgan fingerprint density at radius 2 is 2.04 bits per heavy atom. The molecule has 7 nitrogen and oxygen atoms in total. The topological polar surface area (TPSA) is 88.6 Å². The first kappa shape index (κ1) is 16.9. The second-order valence-corrected chi connectivity index (χ2v) is 6.00. The first-order chi connectivity index (χ1) is 13.2. The van der Waals surface area contributed by atoms with Crippen molar-refractivity contribution in [3.8, 4) is 5.88 Å². The Morgan fingerprint density at radius 3 is 2.85 bits per heavy atom. The first-order valence-electron chi connectivity index (χ1n) is 8.36. The van der Waals surface area contributed by atoms with E-state index in [-0.39, 0.29) is 12.4 Å². The van der Waals surface area contributed by atoms with Gasteiger partial charge in [0.15, 0.2) is 0 Å². The molecule has 0 spiro atoms. The number of hydrogen-bond acceptors (Lipinski definition) is 6. The summed E-state index contributed by atoms with van der Waals surface area (Å²) in [7, 11) is 1.50. The Kier molecular flexibility index (Phi) is 4.61. The highest BCUT2D eigenvalue weighted by molar-refractivity contribution is 5.78. The number of aromatic amines is 1. The molecule has 4 aromatic rings. The minimum Gasteiger partial charge on any atom is -0.481 e. The maximum absolute atomic E-state index is 13.8. The number of pyridine rings is 2. The molecule has 0 aliphatic rings. The summed E-state index contributed by atoms with van der Waals surface area (Å²) in [5.41, 5.74) is 3.45. The van der Waals surface area contributed by atoms with Crippen LogP contribution >= 0.6 is 0 Å². The molecule has 2 N–H and O–H groups in total. The standard InChI is InChI=1S/C19H17FN6O/c1-27-18-5-14(16(20)10-24-18)8-23-17-3-2-12(6-22-17)4-13-7-25-19-15(13)9-21-11-26-19/h2-3,5-7,9-11H,4,8H2,1H3,(H,22,23)(H,21,25,26). The average Bonchev–Trinajstić information content (AvgIpc) is 3.11. The average molecular weight is 364 g/mol. The number of rotatable bonds is 6. The number of fused-ring (bicyclic) bond motifs is 1. The normalized spacial score (nSPS) is 10.9. The molecular weight excluding hydrogens is 347 g/mol. The van der Waals surface area contributed by atoms with E-state index in [2.05, 4.69) is 30.2 Å². The predicted octanol–water partition coefficient (Wildman–Crippen LogP) is 3.10. The summed E-state index contributed by atoms with van der Waals surface area (Å²) < 4.78 is 18.8. The SMILES string of the molecule is COc1cc(CNc2ccc(Cc3c[nH]c4ncncc34)cn2)c(F)cn1. The van der Waals surface area contributed by atoms with Crippen LogP contribution in [-0.4, -0.2) is 32.0 Å². The number of halogens is 1. The van der Waals surface area contributed by atoms with Gasteiger partial charge in [-0.15, -0.1) is 0 Å². The smallest absolute Gasteiger partial charge is 0.213 e. The highest BCUT2D eigenvalue weighted by atomic mass is 19.1. The van der Waals surface area contributed by atoms with Crippen LogP contribution in [0, 0.1) is 5.82 Å². The van der Waals surface area contributed by atoms with Gasteiger partial charge in [0.25, 0.3) is 0 Å². The van der Waals surface area contributed by atoms with E-state index in [1.165, 1.54) is 13.4 Å². The van der Waals surface area contributed by atoms with Gasteiger partial charge >= 0.3 is 0 Å². The highest BCUT2D eigenvalue weighted by Gasteiger charge is 2.08. The second-order valence-electron chi connectivity index (χ2n) is 6.00. The molecule has 0 aromatic carbocycles. The molecule has 0 amide bonds. The van der Waals surface area contributed by atoms with E-state index >= 15 is 0 Å². The van der Waals surface area contributed by atoms with Gasteiger partial charge in [-0.3, -0.25) is 0 Å². The number of methoxy groups -OCH3 is 1. The van der Waals surface area contributed by atoms with Gasteiger partial charge in [-0.1, -0.05) is 6.07 Å². The number of H-pyrrole nitrogens is 1. The van der Waals surface area contributed by atoms with Crippen LogP contribution < -0.4 is 10.1 Å². The number of hydrogen-bond donors (Lipinski definition) is 2. The van der Waals surface area contributed by atoms with Crippen molar-refractivity contribution in [1.29, 1.82) is 0 Å². The molecule has 4 aromatic heterocycles. The molecule has 27 heavy (non-hydrogen) atoms. The van der Waals surface area contributed by atoms with Gasteiger partial charge in [0.1, 0.15) is 23.6 Å². The number of ether oxygens (including phenoxy) is 1. The van der Waals surface area contributed by atoms with Crippen molar-refractivity contribution >= 4 is 16.9 Å². The number of anilines is 1. The van der Waals surface area contributed by atoms with Crippen molar-refractivity contribution < 1.29 is 9.13 Å². The maximum atomic E-state index is 13.8. The van der Waals surface area contributed by atoms with E-state index < -0.39 is 0 Å². The molecule has 0 radical (unpaired) electrons. The molecule has 8 heteroatoms. The molecular formula is C19H17FN6O. The van der Waals surface area contributed by atoms with Crippen LogP contribution in [0.4, 0.5) is 10.2 Å². The van der Waals surface area contributed by atoms with Crippen molar-refractivity contribution in [1.82, 2.24) is 24.9 Å². The zero-order valence-corrected chi connectivity index (χ0v) is 14.6. The summed E-state index contributed by atoms with van der Waals surface area (Å²) in [6, 6.07) is 5.42. The first-order valence-corrected chi connectivity index (χ1v) is 8.36. The summed E-state index contributed by atoms with van der Waals surface area (Å²) in [6.45, 7) is 0.289. The van der Waals surface area contributed by atoms with E-state index in [4.69, 9.17) is 4.74 Å². The molecule has 0 saturated heterocycles. The zero-order valence-electron chi connectivity index (χ0n) is 14.6. The van der Waals surface area contributed by atoms with E-state index in [0.717, 1.165) is 34.8 Å². The monoisotopic (exact) mass is 364 g/mol. The third kappa shape index (κ3) is 3.69. The largest absolute Gasteiger partial charge is 0.481 e. The lowest BCUT2D eigenvalue weighted by Crippen LogP contribution is -2.04. The van der Waals surface area contributed by atoms with E-state index in [1.807, 2.05) is 18.3 Å². The number of aromatic nitrogens is 5. The number of nitrogens with one attached hydrogen (secondary N) is 2. The Labute approximate surface area is 154 Å². The van der Waals surface area contributed by atoms with Crippen molar-refractivity contribution in [3.63, 3.8) is 0 Å². The van der Waals surface area contributed by atoms with E-state index in [9.17, 15) is 4.39 Å². The molecule has 0 unspecified atom stereocenters. The fourth-order valence-corrected chi connectivity index (χ4v) is 2.80. The fourth-order valence-electron chi connectivity index (χ4n) is 2.80. The molecule has 0 saturated carbocycles. The van der Waals surface area contributed by atoms with Gasteiger partial charge in [0.2, 0.25) is 5.88 Å². The fraction of sp³-hybridized carbons (Fsp3) is 0.158. The van der Waals surface area contributed by atoms with Gasteiger partial charge in [0, 0.05) is 48.6 Å². The van der Waals surface area contributed by atoms with Crippen molar-refractivity contribution in [2.75, 3.05) is 12.4 Å². The van der Waals surface area contributed by atoms with Crippen molar-refractivity contribution in [3.05, 3.63) is 71.8 Å². The molecule has 0 bridgehead atoms. The van der Waals surface area contributed by atoms with E-state index in [0.29, 0.717) is 17.3 Å². The Hall–Kier alpha value is -3.55. The summed E-state index contributed by atoms with van der Waals surface area (Å²) in [4.78, 5) is 19.6. The van der Waals surface area contributed by atoms with Crippen LogP contribution in [-0.2, 0) is 13.0 Å². The lowest BCUT2D eigenvalue weighted by Gasteiger charge is -2.08. The summed E-state index contributed by atoms with van der Waals surface area (Å²) in [6.07, 6.45) is 8.93. The van der Waals surface area contributed by atoms with Crippen molar-refractivity contribution in [2.24, 2.45) is 0 Å². The third-order valence-electron chi connectivity index (χ3n) is 4.24. The lowest BCUT2D eigenvalue weighted by atomic mass is 10.1. The summed E-state index contributed by atoms with van der Waals surface area (Å²) in [5, 5.41) is 4.11. The molecule has 4 rings (SSSR count). The van der Waals surface area contributed by atoms with Crippen LogP contribution in [0.2, 0.25) is 0 Å². The second kappa shape index (κ2) is 7.36. The third-order valence-corrected chi connectivity index (χ3v) is 4.24. The Bertz CT molecular complexity index is 1060. The van der Waals surface area contributed by atoms with Crippen LogP contribution in [0.25, 0.3) is 11.0 Å². The van der Waals surface area contributed by atoms with Gasteiger partial charge in [-0.2, -0.15) is 0 Å². The maximum Gasteiger partial charge on any atom is 0.213 e. The van der Waals surface area contributed by atoms with Crippen LogP contribution in [0.3, 0.4) is 0 Å². The Morgan fingerprint density at radius 1 is 1.11 bits per heavy atom. The van der Waals surface area contributed by atoms with Crippen LogP contribution in [0.5, 0.6) is 5.88 Å². The number of nitrogens with zero attached hydrogens (tertiary/aromatic N) is 4. The summed E-state index contributed by atoms with van der Waals surface area (Å²) >= 11 is 0. The quantitative estimate of drug-likeness (QED) is 0.547. The van der Waals surface area contributed by atoms with Gasteiger partial charge in [-0.25, -0.2) is 24.3 Å². The minimum atomic E-state index is -0.388. The molecule has 0 aliphatic heterocycles. The minimum absolute atomic E-state index is 0.289. The van der Waals surface area contributed by atoms with E-state index in [1.54, 1.807) is 18.5 Å². The van der Waals surface area contributed by atoms with Crippen LogP contribution in [0.1, 0.15) is 16.7 Å².